The lowest BCUT2D eigenvalue weighted by Gasteiger charge is -2.08. The molecule has 6 heavy (non-hydrogen) atoms. The standard InChI is InChI=1S/C5H7N/c1-2-5-3-4(1)6-5/h4H,1-3H2/t4-/m0/s1. The summed E-state index contributed by atoms with van der Waals surface area (Å²) in [5.74, 6) is 0. The van der Waals surface area contributed by atoms with Crippen LogP contribution in [0.4, 0.5) is 0 Å². The van der Waals surface area contributed by atoms with E-state index in [0.29, 0.717) is 0 Å². The van der Waals surface area contributed by atoms with Gasteiger partial charge < -0.3 is 0 Å². The van der Waals surface area contributed by atoms with E-state index in [4.69, 9.17) is 0 Å². The molecule has 0 unspecified atom stereocenters. The lowest BCUT2D eigenvalue weighted by atomic mass is 10.2. The molecule has 0 aromatic rings. The molecule has 0 N–H and O–H groups in total. The molecule has 3 rings (SSSR count). The Bertz CT molecular complexity index is 101. The molecule has 2 aliphatic heterocycles. The van der Waals surface area contributed by atoms with Gasteiger partial charge in [-0.1, -0.05) is 0 Å². The second-order valence-corrected chi connectivity index (χ2v) is 2.09. The molecule has 0 saturated heterocycles. The lowest BCUT2D eigenvalue weighted by molar-refractivity contribution is 0.699. The summed E-state index contributed by atoms with van der Waals surface area (Å²) in [5.41, 5.74) is 1.47. The van der Waals surface area contributed by atoms with E-state index in [1.807, 2.05) is 0 Å². The molecule has 1 atom stereocenters. The molecule has 0 aromatic heterocycles. The van der Waals surface area contributed by atoms with Crippen LogP contribution >= 0.6 is 0 Å². The first-order valence-electron chi connectivity index (χ1n) is 2.51. The minimum absolute atomic E-state index is 0.778. The number of fused-ring (bicyclic) bond motifs is 1. The highest BCUT2D eigenvalue weighted by molar-refractivity contribution is 5.92. The largest absolute Gasteiger partial charge is 0.290 e. The minimum atomic E-state index is 0.778. The lowest BCUT2D eigenvalue weighted by Crippen LogP contribution is -2.09. The van der Waals surface area contributed by atoms with Gasteiger partial charge in [0.2, 0.25) is 0 Å². The van der Waals surface area contributed by atoms with Crippen LogP contribution in [-0.4, -0.2) is 11.8 Å². The molecule has 1 heteroatoms. The summed E-state index contributed by atoms with van der Waals surface area (Å²) < 4.78 is 0. The van der Waals surface area contributed by atoms with Crippen molar-refractivity contribution >= 4 is 5.71 Å². The Morgan fingerprint density at radius 1 is 1.67 bits per heavy atom. The van der Waals surface area contributed by atoms with Crippen molar-refractivity contribution in [3.05, 3.63) is 0 Å². The van der Waals surface area contributed by atoms with Gasteiger partial charge >= 0.3 is 0 Å². The highest BCUT2D eigenvalue weighted by atomic mass is 14.9. The Morgan fingerprint density at radius 2 is 2.50 bits per heavy atom. The van der Waals surface area contributed by atoms with Crippen LogP contribution in [0.3, 0.4) is 0 Å². The number of hydrogen-bond donors (Lipinski definition) is 0. The number of rotatable bonds is 0. The van der Waals surface area contributed by atoms with E-state index >= 15 is 0 Å². The summed E-state index contributed by atoms with van der Waals surface area (Å²) in [5, 5.41) is 0. The fraction of sp³-hybridized carbons (Fsp3) is 0.800. The fourth-order valence-electron chi connectivity index (χ4n) is 1.18. The van der Waals surface area contributed by atoms with Gasteiger partial charge in [0.1, 0.15) is 0 Å². The van der Waals surface area contributed by atoms with Crippen LogP contribution < -0.4 is 0 Å². The highest BCUT2D eigenvalue weighted by Crippen LogP contribution is 2.28. The van der Waals surface area contributed by atoms with E-state index in [2.05, 4.69) is 4.99 Å². The maximum Gasteiger partial charge on any atom is 0.0554 e. The Kier molecular flexibility index (Phi) is 0.312. The van der Waals surface area contributed by atoms with Gasteiger partial charge in [0, 0.05) is 12.1 Å². The summed E-state index contributed by atoms with van der Waals surface area (Å²) in [6, 6.07) is 0.778. The second kappa shape index (κ2) is 0.673. The van der Waals surface area contributed by atoms with Crippen molar-refractivity contribution in [3.63, 3.8) is 0 Å². The number of hydrogen-bond acceptors (Lipinski definition) is 1. The van der Waals surface area contributed by atoms with Crippen molar-refractivity contribution in [1.82, 2.24) is 0 Å². The van der Waals surface area contributed by atoms with Gasteiger partial charge in [0.15, 0.2) is 0 Å². The van der Waals surface area contributed by atoms with Crippen molar-refractivity contribution in [2.75, 3.05) is 0 Å². The van der Waals surface area contributed by atoms with Crippen molar-refractivity contribution in [2.45, 2.75) is 25.3 Å². The van der Waals surface area contributed by atoms with Crippen LogP contribution in [0.25, 0.3) is 0 Å². The van der Waals surface area contributed by atoms with Crippen molar-refractivity contribution in [3.8, 4) is 0 Å². The van der Waals surface area contributed by atoms with Crippen LogP contribution in [0.1, 0.15) is 19.3 Å². The second-order valence-electron chi connectivity index (χ2n) is 2.09. The molecule has 0 spiro atoms. The molecule has 1 fully saturated rings. The van der Waals surface area contributed by atoms with Crippen LogP contribution in [0.5, 0.6) is 0 Å². The quantitative estimate of drug-likeness (QED) is 0.412. The molecule has 0 radical (unpaired) electrons. The minimum Gasteiger partial charge on any atom is -0.290 e. The molecule has 1 aliphatic carbocycles. The molecule has 1 nitrogen and oxygen atoms in total. The maximum absolute atomic E-state index is 4.25. The Balaban J connectivity index is 2.39. The zero-order valence-corrected chi connectivity index (χ0v) is 3.65. The van der Waals surface area contributed by atoms with Crippen LogP contribution in [0.15, 0.2) is 4.99 Å². The third kappa shape index (κ3) is 0.163. The first kappa shape index (κ1) is 2.78. The topological polar surface area (TPSA) is 12.4 Å². The Hall–Kier alpha value is -0.330. The van der Waals surface area contributed by atoms with E-state index in [0.717, 1.165) is 6.04 Å². The maximum atomic E-state index is 4.25. The predicted octanol–water partition coefficient (Wildman–Crippen LogP) is 0.994. The van der Waals surface area contributed by atoms with Gasteiger partial charge in [0.05, 0.1) is 6.04 Å². The van der Waals surface area contributed by atoms with Crippen molar-refractivity contribution in [2.24, 2.45) is 4.99 Å². The van der Waals surface area contributed by atoms with Gasteiger partial charge in [-0.15, -0.1) is 0 Å². The van der Waals surface area contributed by atoms with Gasteiger partial charge in [-0.25, -0.2) is 0 Å². The van der Waals surface area contributed by atoms with Crippen molar-refractivity contribution in [1.29, 1.82) is 0 Å². The molecule has 3 aliphatic rings. The molecule has 32 valence electrons. The third-order valence-electron chi connectivity index (χ3n) is 1.60. The highest BCUT2D eigenvalue weighted by Gasteiger charge is 2.27. The Morgan fingerprint density at radius 3 is 2.67 bits per heavy atom. The molecule has 1 saturated carbocycles. The molecule has 2 bridgehead atoms. The first-order valence-corrected chi connectivity index (χ1v) is 2.51. The van der Waals surface area contributed by atoms with Crippen molar-refractivity contribution < 1.29 is 0 Å². The van der Waals surface area contributed by atoms with Gasteiger partial charge in [0.25, 0.3) is 0 Å². The summed E-state index contributed by atoms with van der Waals surface area (Å²) >= 11 is 0. The Labute approximate surface area is 37.1 Å². The fourth-order valence-corrected chi connectivity index (χ4v) is 1.18. The SMILES string of the molecule is C1C[C@H]2CC1=N2. The van der Waals surface area contributed by atoms with E-state index in [9.17, 15) is 0 Å². The van der Waals surface area contributed by atoms with E-state index in [-0.39, 0.29) is 0 Å². The molecule has 0 aromatic carbocycles. The van der Waals surface area contributed by atoms with E-state index in [1.165, 1.54) is 25.0 Å². The van der Waals surface area contributed by atoms with E-state index < -0.39 is 0 Å². The zero-order valence-electron chi connectivity index (χ0n) is 3.65. The van der Waals surface area contributed by atoms with Crippen LogP contribution in [-0.2, 0) is 0 Å². The molecule has 0 amide bonds. The average Bonchev–Trinajstić information content (AvgIpc) is 1.72. The smallest absolute Gasteiger partial charge is 0.0554 e. The summed E-state index contributed by atoms with van der Waals surface area (Å²) in [6.07, 6.45) is 4.00. The molecular formula is C5H7N. The van der Waals surface area contributed by atoms with E-state index in [1.54, 1.807) is 0 Å². The first-order chi connectivity index (χ1) is 2.95. The summed E-state index contributed by atoms with van der Waals surface area (Å²) in [6.45, 7) is 0. The number of nitrogens with zero attached hydrogens (tertiary/aromatic N) is 1. The van der Waals surface area contributed by atoms with Crippen LogP contribution in [0.2, 0.25) is 0 Å². The average molecular weight is 81.1 g/mol. The van der Waals surface area contributed by atoms with Gasteiger partial charge in [-0.05, 0) is 12.8 Å². The molecular weight excluding hydrogens is 74.1 g/mol. The summed E-state index contributed by atoms with van der Waals surface area (Å²) in [7, 11) is 0. The normalized spacial score (nSPS) is 38.7. The van der Waals surface area contributed by atoms with Gasteiger partial charge in [-0.2, -0.15) is 0 Å². The third-order valence-corrected chi connectivity index (χ3v) is 1.60. The molecule has 2 heterocycles. The number of aliphatic imine (C=N–C) groups is 1. The van der Waals surface area contributed by atoms with Crippen LogP contribution in [0, 0.1) is 0 Å². The summed E-state index contributed by atoms with van der Waals surface area (Å²) in [4.78, 5) is 4.25. The van der Waals surface area contributed by atoms with Gasteiger partial charge in [-0.3, -0.25) is 4.99 Å². The zero-order chi connectivity index (χ0) is 3.98. The predicted molar refractivity (Wildman–Crippen MR) is 25.1 cm³/mol. The monoisotopic (exact) mass is 81.1 g/mol.